The van der Waals surface area contributed by atoms with Gasteiger partial charge >= 0.3 is 0 Å². The third-order valence-electron chi connectivity index (χ3n) is 8.35. The van der Waals surface area contributed by atoms with Crippen LogP contribution in [0.15, 0.2) is 35.5 Å². The van der Waals surface area contributed by atoms with Gasteiger partial charge in [-0.2, -0.15) is 0 Å². The van der Waals surface area contributed by atoms with Crippen LogP contribution >= 0.6 is 0 Å². The van der Waals surface area contributed by atoms with Crippen LogP contribution in [0.2, 0.25) is 0 Å². The van der Waals surface area contributed by atoms with Gasteiger partial charge in [0.15, 0.2) is 0 Å². The van der Waals surface area contributed by atoms with Crippen molar-refractivity contribution in [1.29, 1.82) is 0 Å². The number of hydrogen-bond acceptors (Lipinski definition) is 2. The fourth-order valence-electron chi connectivity index (χ4n) is 6.64. The first-order chi connectivity index (χ1) is 13.2. The molecule has 164 valence electrons. The summed E-state index contributed by atoms with van der Waals surface area (Å²) in [5.41, 5.74) is 4.52. The van der Waals surface area contributed by atoms with Gasteiger partial charge in [0.05, 0.1) is 12.2 Å². The first-order valence-corrected chi connectivity index (χ1v) is 11.7. The number of aliphatic hydroxyl groups is 2. The standard InChI is InChI=1S/C26H42O2.2Y/c1-17(8-9-19(3)27)24-12-13-25-21(7-6-14-26(24,25)5)10-11-22-16-23(28)15-18(2)20(22)4;;/h10-11,17-19,23-25,27-28H,4,6-9,12-16H2,1-3,5H3;;/b21-10+,22-11-;;/t17-,18+,19?,23+,24?,25+,26-;;/m1../s1. The second-order valence-corrected chi connectivity index (χ2v) is 10.5. The fraction of sp³-hybridized carbons (Fsp3) is 0.769. The molecule has 2 radical (unpaired) electrons. The molecule has 0 spiro atoms. The molecule has 3 aliphatic carbocycles. The number of allylic oxidation sites excluding steroid dienone is 4. The number of aliphatic hydroxyl groups excluding tert-OH is 2. The van der Waals surface area contributed by atoms with E-state index in [1.54, 1.807) is 5.57 Å². The van der Waals surface area contributed by atoms with Crippen LogP contribution in [-0.4, -0.2) is 22.4 Å². The SMILES string of the molecule is C=C1/C(=C\C=C2/CCC[C@]3(C)C([C@H](C)CCC(C)O)CC[C@@H]23)C[C@@H](O)C[C@@H]1C.[Y].[Y]. The maximum absolute atomic E-state index is 10.2. The van der Waals surface area contributed by atoms with Crippen LogP contribution in [-0.2, 0) is 65.4 Å². The molecular formula is C26H42O2Y2. The van der Waals surface area contributed by atoms with Crippen molar-refractivity contribution >= 4 is 0 Å². The number of hydrogen-bond donors (Lipinski definition) is 2. The molecule has 3 aliphatic rings. The molecule has 3 rings (SSSR count). The summed E-state index contributed by atoms with van der Waals surface area (Å²) in [5, 5.41) is 19.9. The van der Waals surface area contributed by atoms with E-state index < -0.39 is 0 Å². The third-order valence-corrected chi connectivity index (χ3v) is 8.35. The normalized spacial score (nSPS) is 38.5. The largest absolute Gasteiger partial charge is 0.393 e. The molecule has 0 bridgehead atoms. The summed E-state index contributed by atoms with van der Waals surface area (Å²) in [6.07, 6.45) is 14.5. The molecule has 0 aromatic rings. The van der Waals surface area contributed by atoms with Gasteiger partial charge in [-0.3, -0.25) is 0 Å². The van der Waals surface area contributed by atoms with Crippen molar-refractivity contribution in [1.82, 2.24) is 0 Å². The molecular weight excluding hydrogens is 522 g/mol. The van der Waals surface area contributed by atoms with Gasteiger partial charge in [0.2, 0.25) is 0 Å². The summed E-state index contributed by atoms with van der Waals surface area (Å²) < 4.78 is 0. The van der Waals surface area contributed by atoms with Crippen LogP contribution in [0, 0.1) is 29.1 Å². The number of fused-ring (bicyclic) bond motifs is 1. The molecule has 0 amide bonds. The van der Waals surface area contributed by atoms with Crippen LogP contribution in [0.1, 0.15) is 85.5 Å². The van der Waals surface area contributed by atoms with E-state index in [2.05, 4.69) is 39.5 Å². The molecule has 7 atom stereocenters. The Balaban J connectivity index is 0.00000225. The Bertz CT molecular complexity index is 639. The zero-order valence-electron chi connectivity index (χ0n) is 19.7. The van der Waals surface area contributed by atoms with Crippen molar-refractivity contribution in [2.45, 2.75) is 97.7 Å². The Hall–Kier alpha value is 1.35. The van der Waals surface area contributed by atoms with E-state index in [9.17, 15) is 10.2 Å². The molecule has 4 heteroatoms. The molecule has 2 N–H and O–H groups in total. The predicted octanol–water partition coefficient (Wildman–Crippen LogP) is 6.19. The van der Waals surface area contributed by atoms with Gasteiger partial charge in [-0.05, 0) is 105 Å². The Labute approximate surface area is 235 Å². The first kappa shape index (κ1) is 29.4. The van der Waals surface area contributed by atoms with Crippen LogP contribution in [0.5, 0.6) is 0 Å². The van der Waals surface area contributed by atoms with Gasteiger partial charge in [-0.25, -0.2) is 0 Å². The van der Waals surface area contributed by atoms with Gasteiger partial charge in [0.25, 0.3) is 0 Å². The average Bonchev–Trinajstić information content (AvgIpc) is 2.99. The molecule has 2 unspecified atom stereocenters. The van der Waals surface area contributed by atoms with Gasteiger partial charge in [-0.15, -0.1) is 0 Å². The molecule has 0 aromatic carbocycles. The Kier molecular flexibility index (Phi) is 12.4. The van der Waals surface area contributed by atoms with Crippen LogP contribution in [0.25, 0.3) is 0 Å². The maximum atomic E-state index is 10.2. The van der Waals surface area contributed by atoms with E-state index in [1.165, 1.54) is 43.3 Å². The van der Waals surface area contributed by atoms with Crippen LogP contribution in [0.3, 0.4) is 0 Å². The molecule has 0 aliphatic heterocycles. The molecule has 3 fully saturated rings. The molecule has 3 saturated carbocycles. The monoisotopic (exact) mass is 564 g/mol. The second-order valence-electron chi connectivity index (χ2n) is 10.5. The average molecular weight is 564 g/mol. The van der Waals surface area contributed by atoms with Crippen molar-refractivity contribution in [3.63, 3.8) is 0 Å². The zero-order valence-corrected chi connectivity index (χ0v) is 25.4. The quantitative estimate of drug-likeness (QED) is 0.418. The zero-order chi connectivity index (χ0) is 20.5. The minimum Gasteiger partial charge on any atom is -0.393 e. The minimum atomic E-state index is -0.215. The summed E-state index contributed by atoms with van der Waals surface area (Å²) in [7, 11) is 0. The summed E-state index contributed by atoms with van der Waals surface area (Å²) in [6.45, 7) is 13.3. The molecule has 0 heterocycles. The Morgan fingerprint density at radius 3 is 2.53 bits per heavy atom. The first-order valence-electron chi connectivity index (χ1n) is 11.7. The number of rotatable bonds is 5. The van der Waals surface area contributed by atoms with E-state index in [1.807, 2.05) is 6.92 Å². The van der Waals surface area contributed by atoms with E-state index >= 15 is 0 Å². The fourth-order valence-corrected chi connectivity index (χ4v) is 6.64. The topological polar surface area (TPSA) is 40.5 Å². The predicted molar refractivity (Wildman–Crippen MR) is 118 cm³/mol. The van der Waals surface area contributed by atoms with Gasteiger partial charge in [-0.1, -0.05) is 45.1 Å². The Morgan fingerprint density at radius 1 is 1.17 bits per heavy atom. The van der Waals surface area contributed by atoms with Gasteiger partial charge < -0.3 is 10.2 Å². The van der Waals surface area contributed by atoms with Crippen molar-refractivity contribution in [3.05, 3.63) is 35.5 Å². The molecule has 0 saturated heterocycles. The van der Waals surface area contributed by atoms with E-state index in [0.717, 1.165) is 31.6 Å². The van der Waals surface area contributed by atoms with Crippen molar-refractivity contribution < 1.29 is 75.6 Å². The summed E-state index contributed by atoms with van der Waals surface area (Å²) >= 11 is 0. The maximum Gasteiger partial charge on any atom is 0.0586 e. The minimum absolute atomic E-state index is 0. The van der Waals surface area contributed by atoms with Gasteiger partial charge in [0.1, 0.15) is 0 Å². The van der Waals surface area contributed by atoms with Crippen molar-refractivity contribution in [3.8, 4) is 0 Å². The molecule has 30 heavy (non-hydrogen) atoms. The van der Waals surface area contributed by atoms with Crippen molar-refractivity contribution in [2.75, 3.05) is 0 Å². The second kappa shape index (κ2) is 12.7. The summed E-state index contributed by atoms with van der Waals surface area (Å²) in [6, 6.07) is 0. The molecule has 2 nitrogen and oxygen atoms in total. The Morgan fingerprint density at radius 2 is 1.87 bits per heavy atom. The van der Waals surface area contributed by atoms with E-state index in [0.29, 0.717) is 23.2 Å². The van der Waals surface area contributed by atoms with E-state index in [-0.39, 0.29) is 77.6 Å². The van der Waals surface area contributed by atoms with Crippen molar-refractivity contribution in [2.24, 2.45) is 29.1 Å². The van der Waals surface area contributed by atoms with Crippen LogP contribution in [0.4, 0.5) is 0 Å². The smallest absolute Gasteiger partial charge is 0.0586 e. The van der Waals surface area contributed by atoms with Crippen LogP contribution < -0.4 is 0 Å². The van der Waals surface area contributed by atoms with Gasteiger partial charge in [0, 0.05) is 65.4 Å². The van der Waals surface area contributed by atoms with E-state index in [4.69, 9.17) is 0 Å². The summed E-state index contributed by atoms with van der Waals surface area (Å²) in [5.74, 6) is 2.56. The molecule has 0 aromatic heterocycles. The third kappa shape index (κ3) is 6.70. The summed E-state index contributed by atoms with van der Waals surface area (Å²) in [4.78, 5) is 0.